The molecule has 0 amide bonds. The lowest BCUT2D eigenvalue weighted by molar-refractivity contribution is -0.166. The van der Waals surface area contributed by atoms with Crippen molar-refractivity contribution in [3.8, 4) is 0 Å². The first-order valence-corrected chi connectivity index (χ1v) is 5.62. The third kappa shape index (κ3) is 2.85. The molecule has 1 heterocycles. The average molecular weight is 233 g/mol. The summed E-state index contributed by atoms with van der Waals surface area (Å²) in [5.74, 6) is -0.280. The van der Waals surface area contributed by atoms with Gasteiger partial charge in [0.2, 0.25) is 0 Å². The zero-order valence-corrected chi connectivity index (χ0v) is 9.70. The highest BCUT2D eigenvalue weighted by atomic mass is 16.7. The van der Waals surface area contributed by atoms with E-state index in [2.05, 4.69) is 0 Å². The maximum atomic E-state index is 11.7. The second-order valence-electron chi connectivity index (χ2n) is 3.69. The summed E-state index contributed by atoms with van der Waals surface area (Å²) in [5.41, 5.74) is 1.09. The van der Waals surface area contributed by atoms with E-state index >= 15 is 0 Å². The number of ether oxygens (including phenoxy) is 1. The van der Waals surface area contributed by atoms with Crippen LogP contribution in [0.1, 0.15) is 12.5 Å². The Morgan fingerprint density at radius 3 is 2.88 bits per heavy atom. The van der Waals surface area contributed by atoms with Gasteiger partial charge in [-0.25, -0.2) is 4.79 Å². The summed E-state index contributed by atoms with van der Waals surface area (Å²) in [6.07, 6.45) is 3.21. The Labute approximate surface area is 100 Å². The van der Waals surface area contributed by atoms with Crippen LogP contribution in [0.15, 0.2) is 42.7 Å². The van der Waals surface area contributed by atoms with E-state index in [0.29, 0.717) is 13.2 Å². The summed E-state index contributed by atoms with van der Waals surface area (Å²) >= 11 is 0. The normalized spacial score (nSPS) is 19.0. The van der Waals surface area contributed by atoms with Crippen molar-refractivity contribution in [1.29, 1.82) is 0 Å². The molecular weight excluding hydrogens is 218 g/mol. The highest BCUT2D eigenvalue weighted by Crippen LogP contribution is 2.16. The predicted molar refractivity (Wildman–Crippen MR) is 62.6 cm³/mol. The Morgan fingerprint density at radius 2 is 2.18 bits per heavy atom. The van der Waals surface area contributed by atoms with Crippen molar-refractivity contribution in [3.05, 3.63) is 48.2 Å². The molecule has 0 saturated carbocycles. The van der Waals surface area contributed by atoms with Crippen molar-refractivity contribution in [2.75, 3.05) is 6.61 Å². The summed E-state index contributed by atoms with van der Waals surface area (Å²) in [7, 11) is 0. The van der Waals surface area contributed by atoms with Crippen molar-refractivity contribution >= 4 is 5.97 Å². The highest BCUT2D eigenvalue weighted by Gasteiger charge is 2.29. The van der Waals surface area contributed by atoms with E-state index < -0.39 is 6.04 Å². The molecule has 17 heavy (non-hydrogen) atoms. The molecule has 1 aliphatic heterocycles. The zero-order chi connectivity index (χ0) is 12.1. The van der Waals surface area contributed by atoms with Crippen LogP contribution < -0.4 is 0 Å². The molecule has 1 atom stereocenters. The molecule has 0 aromatic heterocycles. The summed E-state index contributed by atoms with van der Waals surface area (Å²) in [6, 6.07) is 9.40. The lowest BCUT2D eigenvalue weighted by Gasteiger charge is -2.20. The summed E-state index contributed by atoms with van der Waals surface area (Å²) in [6.45, 7) is 2.72. The van der Waals surface area contributed by atoms with Crippen LogP contribution >= 0.6 is 0 Å². The Morgan fingerprint density at radius 1 is 1.41 bits per heavy atom. The van der Waals surface area contributed by atoms with Gasteiger partial charge in [-0.3, -0.25) is 0 Å². The van der Waals surface area contributed by atoms with E-state index in [1.807, 2.05) is 30.3 Å². The Bertz CT molecular complexity index is 402. The predicted octanol–water partition coefficient (Wildman–Crippen LogP) is 1.88. The first-order chi connectivity index (χ1) is 8.31. The molecule has 0 fully saturated rings. The van der Waals surface area contributed by atoms with E-state index in [4.69, 9.17) is 9.57 Å². The standard InChI is InChI=1S/C13H15NO3/c1-2-16-13(15)12-8-9-17-14(12)10-11-6-4-3-5-7-11/h3-9,12H,2,10H2,1H3. The largest absolute Gasteiger partial charge is 0.464 e. The van der Waals surface area contributed by atoms with E-state index in [-0.39, 0.29) is 5.97 Å². The smallest absolute Gasteiger partial charge is 0.330 e. The van der Waals surface area contributed by atoms with Gasteiger partial charge in [0.05, 0.1) is 13.2 Å². The van der Waals surface area contributed by atoms with Gasteiger partial charge in [0.25, 0.3) is 0 Å². The summed E-state index contributed by atoms with van der Waals surface area (Å²) in [4.78, 5) is 16.9. The van der Waals surface area contributed by atoms with Gasteiger partial charge in [-0.2, -0.15) is 0 Å². The number of hydrogen-bond donors (Lipinski definition) is 0. The monoisotopic (exact) mass is 233 g/mol. The minimum atomic E-state index is -0.449. The number of hydroxylamine groups is 2. The third-order valence-electron chi connectivity index (χ3n) is 2.48. The van der Waals surface area contributed by atoms with Gasteiger partial charge in [0, 0.05) is 0 Å². The molecule has 4 heteroatoms. The van der Waals surface area contributed by atoms with Crippen LogP contribution in [0, 0.1) is 0 Å². The molecule has 0 spiro atoms. The number of carbonyl (C=O) groups excluding carboxylic acids is 1. The van der Waals surface area contributed by atoms with Crippen LogP contribution in [0.25, 0.3) is 0 Å². The number of esters is 1. The van der Waals surface area contributed by atoms with Crippen molar-refractivity contribution in [1.82, 2.24) is 5.06 Å². The minimum absolute atomic E-state index is 0.280. The molecule has 0 bridgehead atoms. The van der Waals surface area contributed by atoms with Crippen molar-refractivity contribution in [2.45, 2.75) is 19.5 Å². The molecule has 0 aliphatic carbocycles. The number of carbonyl (C=O) groups is 1. The maximum absolute atomic E-state index is 11.7. The summed E-state index contributed by atoms with van der Waals surface area (Å²) in [5, 5.41) is 1.60. The van der Waals surface area contributed by atoms with Gasteiger partial charge >= 0.3 is 5.97 Å². The van der Waals surface area contributed by atoms with Crippen LogP contribution in [0.5, 0.6) is 0 Å². The molecule has 2 rings (SSSR count). The topological polar surface area (TPSA) is 38.8 Å². The van der Waals surface area contributed by atoms with Crippen LogP contribution in [-0.2, 0) is 20.9 Å². The van der Waals surface area contributed by atoms with Crippen molar-refractivity contribution < 1.29 is 14.4 Å². The minimum Gasteiger partial charge on any atom is -0.464 e. The van der Waals surface area contributed by atoms with E-state index in [1.54, 1.807) is 18.1 Å². The molecule has 1 aromatic rings. The SMILES string of the molecule is CCOC(=O)C1C=CON1Cc1ccccc1. The number of hydrogen-bond acceptors (Lipinski definition) is 4. The van der Waals surface area contributed by atoms with Crippen LogP contribution in [-0.4, -0.2) is 23.7 Å². The lowest BCUT2D eigenvalue weighted by atomic mass is 10.2. The molecule has 4 nitrogen and oxygen atoms in total. The summed E-state index contributed by atoms with van der Waals surface area (Å²) < 4.78 is 4.98. The van der Waals surface area contributed by atoms with Gasteiger partial charge in [-0.05, 0) is 18.6 Å². The first-order valence-electron chi connectivity index (χ1n) is 5.62. The van der Waals surface area contributed by atoms with Crippen LogP contribution in [0.2, 0.25) is 0 Å². The third-order valence-corrected chi connectivity index (χ3v) is 2.48. The van der Waals surface area contributed by atoms with Gasteiger partial charge in [-0.1, -0.05) is 30.3 Å². The fraction of sp³-hybridized carbons (Fsp3) is 0.308. The number of nitrogens with zero attached hydrogens (tertiary/aromatic N) is 1. The van der Waals surface area contributed by atoms with E-state index in [0.717, 1.165) is 5.56 Å². The molecular formula is C13H15NO3. The van der Waals surface area contributed by atoms with Crippen molar-refractivity contribution in [3.63, 3.8) is 0 Å². The zero-order valence-electron chi connectivity index (χ0n) is 9.70. The molecule has 0 radical (unpaired) electrons. The molecule has 90 valence electrons. The second-order valence-corrected chi connectivity index (χ2v) is 3.69. The quantitative estimate of drug-likeness (QED) is 0.744. The van der Waals surface area contributed by atoms with E-state index in [9.17, 15) is 4.79 Å². The molecule has 0 saturated heterocycles. The Hall–Kier alpha value is -1.81. The number of benzene rings is 1. The van der Waals surface area contributed by atoms with Crippen molar-refractivity contribution in [2.24, 2.45) is 0 Å². The second kappa shape index (κ2) is 5.50. The van der Waals surface area contributed by atoms with Crippen LogP contribution in [0.3, 0.4) is 0 Å². The maximum Gasteiger partial charge on any atom is 0.330 e. The fourth-order valence-corrected chi connectivity index (χ4v) is 1.67. The van der Waals surface area contributed by atoms with Crippen LogP contribution in [0.4, 0.5) is 0 Å². The molecule has 0 N–H and O–H groups in total. The average Bonchev–Trinajstić information content (AvgIpc) is 2.79. The highest BCUT2D eigenvalue weighted by molar-refractivity contribution is 5.78. The Kier molecular flexibility index (Phi) is 3.77. The van der Waals surface area contributed by atoms with Gasteiger partial charge in [-0.15, -0.1) is 5.06 Å². The fourth-order valence-electron chi connectivity index (χ4n) is 1.67. The molecule has 1 aliphatic rings. The van der Waals surface area contributed by atoms with Gasteiger partial charge < -0.3 is 9.57 Å². The lowest BCUT2D eigenvalue weighted by Crippen LogP contribution is -2.36. The molecule has 1 unspecified atom stereocenters. The first kappa shape index (κ1) is 11.7. The molecule has 1 aromatic carbocycles. The Balaban J connectivity index is 1.99. The van der Waals surface area contributed by atoms with Gasteiger partial charge in [0.15, 0.2) is 6.04 Å². The number of rotatable bonds is 4. The van der Waals surface area contributed by atoms with Gasteiger partial charge in [0.1, 0.15) is 6.26 Å². The van der Waals surface area contributed by atoms with E-state index in [1.165, 1.54) is 6.26 Å².